The Morgan fingerprint density at radius 1 is 2.00 bits per heavy atom. The van der Waals surface area contributed by atoms with Crippen LogP contribution >= 0.6 is 0 Å². The van der Waals surface area contributed by atoms with E-state index in [1.165, 1.54) is 6.08 Å². The molecule has 0 aromatic rings. The molecule has 0 saturated carbocycles. The maximum absolute atomic E-state index is 9.39. The largest absolute Gasteiger partial charge is 0.358 e. The van der Waals surface area contributed by atoms with Crippen molar-refractivity contribution in [3.8, 4) is 0 Å². The Morgan fingerprint density at radius 2 is 2.67 bits per heavy atom. The molecular formula is C4H3NO. The van der Waals surface area contributed by atoms with Crippen molar-refractivity contribution in [2.45, 2.75) is 0 Å². The van der Waals surface area contributed by atoms with E-state index in [4.69, 9.17) is 0 Å². The lowest BCUT2D eigenvalue weighted by Gasteiger charge is -1.57. The van der Waals surface area contributed by atoms with Crippen molar-refractivity contribution in [2.75, 3.05) is 0 Å². The van der Waals surface area contributed by atoms with E-state index >= 15 is 0 Å². The maximum Gasteiger partial charge on any atom is 0.126 e. The van der Waals surface area contributed by atoms with E-state index in [0.29, 0.717) is 0 Å². The van der Waals surface area contributed by atoms with Crippen LogP contribution in [0.3, 0.4) is 0 Å². The van der Waals surface area contributed by atoms with E-state index in [1.807, 2.05) is 0 Å². The van der Waals surface area contributed by atoms with Gasteiger partial charge in [0.15, 0.2) is 0 Å². The Kier molecular flexibility index (Phi) is 0.529. The number of nitrogens with one attached hydrogen (secondary N) is 1. The molecule has 6 heavy (non-hydrogen) atoms. The molecule has 1 aliphatic heterocycles. The SMILES string of the molecule is O=C=CC1=CN1. The first-order valence-corrected chi connectivity index (χ1v) is 1.61. The van der Waals surface area contributed by atoms with Gasteiger partial charge in [-0.05, 0) is 0 Å². The molecule has 0 unspecified atom stereocenters. The first-order chi connectivity index (χ1) is 2.93. The summed E-state index contributed by atoms with van der Waals surface area (Å²) in [5, 5.41) is 2.71. The minimum Gasteiger partial charge on any atom is -0.358 e. The second kappa shape index (κ2) is 0.994. The highest BCUT2D eigenvalue weighted by molar-refractivity contribution is 5.54. The van der Waals surface area contributed by atoms with Crippen LogP contribution in [0.15, 0.2) is 18.0 Å². The van der Waals surface area contributed by atoms with Gasteiger partial charge < -0.3 is 5.32 Å². The van der Waals surface area contributed by atoms with Crippen molar-refractivity contribution in [1.82, 2.24) is 5.32 Å². The standard InChI is InChI=1S/C4H3NO/c6-2-1-4-3-5-4/h1,3,5H. The summed E-state index contributed by atoms with van der Waals surface area (Å²) in [5.74, 6) is 1.62. The minimum absolute atomic E-state index is 0.866. The minimum atomic E-state index is 0.866. The normalized spacial score (nSPS) is 13.7. The van der Waals surface area contributed by atoms with Gasteiger partial charge in [-0.1, -0.05) is 0 Å². The second-order valence-electron chi connectivity index (χ2n) is 1.01. The van der Waals surface area contributed by atoms with Gasteiger partial charge in [0.1, 0.15) is 5.94 Å². The summed E-state index contributed by atoms with van der Waals surface area (Å²) in [6.07, 6.45) is 3.07. The summed E-state index contributed by atoms with van der Waals surface area (Å²) in [4.78, 5) is 9.39. The first-order valence-electron chi connectivity index (χ1n) is 1.61. The van der Waals surface area contributed by atoms with Crippen LogP contribution in [0.2, 0.25) is 0 Å². The molecular weight excluding hydrogens is 78.0 g/mol. The highest BCUT2D eigenvalue weighted by atomic mass is 16.1. The molecule has 0 radical (unpaired) electrons. The lowest BCUT2D eigenvalue weighted by atomic mass is 10.6. The van der Waals surface area contributed by atoms with Crippen LogP contribution in [0.4, 0.5) is 0 Å². The number of rotatable bonds is 1. The molecule has 0 aromatic carbocycles. The van der Waals surface area contributed by atoms with E-state index in [1.54, 1.807) is 12.1 Å². The lowest BCUT2D eigenvalue weighted by Crippen LogP contribution is -1.69. The summed E-state index contributed by atoms with van der Waals surface area (Å²) in [6.45, 7) is 0. The summed E-state index contributed by atoms with van der Waals surface area (Å²) in [5.41, 5.74) is 0.866. The molecule has 0 aromatic heterocycles. The van der Waals surface area contributed by atoms with Crippen LogP contribution < -0.4 is 5.32 Å². The molecule has 1 aliphatic rings. The number of allylic oxidation sites excluding steroid dienone is 1. The molecule has 0 aliphatic carbocycles. The predicted molar refractivity (Wildman–Crippen MR) is 21.5 cm³/mol. The molecule has 0 saturated heterocycles. The molecule has 0 spiro atoms. The maximum atomic E-state index is 9.39. The fourth-order valence-electron chi connectivity index (χ4n) is 0.188. The third-order valence-electron chi connectivity index (χ3n) is 0.525. The van der Waals surface area contributed by atoms with Gasteiger partial charge in [-0.2, -0.15) is 0 Å². The van der Waals surface area contributed by atoms with Crippen molar-refractivity contribution in [1.29, 1.82) is 0 Å². The summed E-state index contributed by atoms with van der Waals surface area (Å²) < 4.78 is 0. The van der Waals surface area contributed by atoms with Gasteiger partial charge in [-0.3, -0.25) is 0 Å². The molecule has 0 atom stereocenters. The van der Waals surface area contributed by atoms with Crippen LogP contribution in [0, 0.1) is 0 Å². The topological polar surface area (TPSA) is 39.0 Å². The Labute approximate surface area is 35.2 Å². The van der Waals surface area contributed by atoms with E-state index in [2.05, 4.69) is 5.32 Å². The molecule has 0 bridgehead atoms. The Balaban J connectivity index is 2.54. The summed E-state index contributed by atoms with van der Waals surface area (Å²) in [7, 11) is 0. The average molecular weight is 81.1 g/mol. The van der Waals surface area contributed by atoms with Crippen LogP contribution in [-0.2, 0) is 4.79 Å². The molecule has 1 N–H and O–H groups in total. The van der Waals surface area contributed by atoms with Gasteiger partial charge in [0.25, 0.3) is 0 Å². The quantitative estimate of drug-likeness (QED) is 0.444. The monoisotopic (exact) mass is 81.0 g/mol. The molecule has 0 fully saturated rings. The molecule has 2 heteroatoms. The predicted octanol–water partition coefficient (Wildman–Crippen LogP) is -0.181. The Hall–Kier alpha value is -1.01. The zero-order valence-electron chi connectivity index (χ0n) is 3.06. The third-order valence-corrected chi connectivity index (χ3v) is 0.525. The fraction of sp³-hybridized carbons (Fsp3) is 0. The summed E-state index contributed by atoms with van der Waals surface area (Å²) >= 11 is 0. The smallest absolute Gasteiger partial charge is 0.126 e. The Bertz CT molecular complexity index is 130. The number of hydrogen-bond acceptors (Lipinski definition) is 2. The molecule has 1 heterocycles. The number of carbonyl (C=O) groups excluding carboxylic acids is 1. The van der Waals surface area contributed by atoms with Gasteiger partial charge in [0.05, 0.1) is 5.70 Å². The Morgan fingerprint density at radius 3 is 2.83 bits per heavy atom. The van der Waals surface area contributed by atoms with Gasteiger partial charge >= 0.3 is 0 Å². The van der Waals surface area contributed by atoms with Crippen molar-refractivity contribution < 1.29 is 4.79 Å². The first kappa shape index (κ1) is 3.19. The van der Waals surface area contributed by atoms with E-state index in [9.17, 15) is 4.79 Å². The highest BCUT2D eigenvalue weighted by Gasteiger charge is 1.97. The van der Waals surface area contributed by atoms with Crippen molar-refractivity contribution in [2.24, 2.45) is 0 Å². The van der Waals surface area contributed by atoms with Crippen molar-refractivity contribution >= 4 is 5.94 Å². The van der Waals surface area contributed by atoms with Crippen molar-refractivity contribution in [3.63, 3.8) is 0 Å². The van der Waals surface area contributed by atoms with Crippen LogP contribution in [0.1, 0.15) is 0 Å². The van der Waals surface area contributed by atoms with Crippen LogP contribution in [-0.4, -0.2) is 5.94 Å². The number of hydrogen-bond donors (Lipinski definition) is 1. The van der Waals surface area contributed by atoms with Gasteiger partial charge in [0, 0.05) is 12.3 Å². The van der Waals surface area contributed by atoms with E-state index < -0.39 is 0 Å². The van der Waals surface area contributed by atoms with Gasteiger partial charge in [0.2, 0.25) is 0 Å². The molecule has 30 valence electrons. The van der Waals surface area contributed by atoms with E-state index in [-0.39, 0.29) is 0 Å². The second-order valence-corrected chi connectivity index (χ2v) is 1.01. The third kappa shape index (κ3) is 0.476. The lowest BCUT2D eigenvalue weighted by molar-refractivity contribution is 0.569. The fourth-order valence-corrected chi connectivity index (χ4v) is 0.188. The highest BCUT2D eigenvalue weighted by Crippen LogP contribution is 1.97. The zero-order valence-corrected chi connectivity index (χ0v) is 3.06. The van der Waals surface area contributed by atoms with Gasteiger partial charge in [-0.25, -0.2) is 4.79 Å². The average Bonchev–Trinajstić information content (AvgIpc) is 2.21. The van der Waals surface area contributed by atoms with Crippen LogP contribution in [0.5, 0.6) is 0 Å². The molecule has 1 rings (SSSR count). The molecule has 2 nitrogen and oxygen atoms in total. The zero-order chi connectivity index (χ0) is 4.41. The van der Waals surface area contributed by atoms with E-state index in [0.717, 1.165) is 5.70 Å². The van der Waals surface area contributed by atoms with Gasteiger partial charge in [-0.15, -0.1) is 0 Å². The summed E-state index contributed by atoms with van der Waals surface area (Å²) in [6, 6.07) is 0. The van der Waals surface area contributed by atoms with Crippen molar-refractivity contribution in [3.05, 3.63) is 18.0 Å². The van der Waals surface area contributed by atoms with Crippen LogP contribution in [0.25, 0.3) is 0 Å². The molecule has 0 amide bonds.